The topological polar surface area (TPSA) is 60.6 Å². The summed E-state index contributed by atoms with van der Waals surface area (Å²) in [7, 11) is 4.13. The molecule has 0 aliphatic heterocycles. The first-order valence-corrected chi connectivity index (χ1v) is 12.2. The van der Waals surface area contributed by atoms with Crippen molar-refractivity contribution in [2.24, 2.45) is 0 Å². The van der Waals surface area contributed by atoms with E-state index in [2.05, 4.69) is 113 Å². The van der Waals surface area contributed by atoms with Gasteiger partial charge in [0.05, 0.1) is 16.6 Å². The molecule has 0 saturated heterocycles. The first-order valence-electron chi connectivity index (χ1n) is 11.2. The maximum absolute atomic E-state index is 4.97. The molecule has 2 aromatic carbocycles. The van der Waals surface area contributed by atoms with Gasteiger partial charge in [0.2, 0.25) is 0 Å². The van der Waals surface area contributed by atoms with E-state index in [1.807, 2.05) is 6.08 Å². The number of hydrogen-bond donors (Lipinski definition) is 2. The van der Waals surface area contributed by atoms with E-state index < -0.39 is 0 Å². The SMILES string of the molecule is C=C/C(=C\C(=C/C)c1ccc2[nH]nc(-c3nc4c(-c5ccsc5)cccc4[nH]3)c2c1)CN(C)C. The van der Waals surface area contributed by atoms with Crippen LogP contribution < -0.4 is 0 Å². The summed E-state index contributed by atoms with van der Waals surface area (Å²) in [6.45, 7) is 6.89. The van der Waals surface area contributed by atoms with Crippen molar-refractivity contribution in [2.45, 2.75) is 6.92 Å². The molecule has 0 radical (unpaired) electrons. The maximum atomic E-state index is 4.97. The van der Waals surface area contributed by atoms with E-state index >= 15 is 0 Å². The highest BCUT2D eigenvalue weighted by Gasteiger charge is 2.16. The van der Waals surface area contributed by atoms with E-state index in [4.69, 9.17) is 4.98 Å². The highest BCUT2D eigenvalue weighted by Crippen LogP contribution is 2.33. The summed E-state index contributed by atoms with van der Waals surface area (Å²) in [6.07, 6.45) is 6.25. The molecule has 0 atom stereocenters. The highest BCUT2D eigenvalue weighted by atomic mass is 32.1. The van der Waals surface area contributed by atoms with Gasteiger partial charge in [-0.05, 0) is 78.3 Å². The van der Waals surface area contributed by atoms with Crippen LogP contribution in [0.4, 0.5) is 0 Å². The van der Waals surface area contributed by atoms with E-state index in [-0.39, 0.29) is 0 Å². The molecule has 5 nitrogen and oxygen atoms in total. The summed E-state index contributed by atoms with van der Waals surface area (Å²) in [5.74, 6) is 0.762. The van der Waals surface area contributed by atoms with Crippen LogP contribution >= 0.6 is 11.3 Å². The van der Waals surface area contributed by atoms with Crippen LogP contribution in [0.25, 0.3) is 50.2 Å². The molecule has 0 unspecified atom stereocenters. The number of hydrogen-bond acceptors (Lipinski definition) is 4. The van der Waals surface area contributed by atoms with E-state index in [9.17, 15) is 0 Å². The lowest BCUT2D eigenvalue weighted by Gasteiger charge is -2.11. The van der Waals surface area contributed by atoms with Gasteiger partial charge >= 0.3 is 0 Å². The Bertz CT molecular complexity index is 1530. The number of allylic oxidation sites excluding steroid dienone is 3. The molecule has 0 aliphatic carbocycles. The number of thiophene rings is 1. The van der Waals surface area contributed by atoms with Crippen molar-refractivity contribution in [3.63, 3.8) is 0 Å². The Morgan fingerprint density at radius 3 is 2.76 bits per heavy atom. The molecule has 5 rings (SSSR count). The van der Waals surface area contributed by atoms with Crippen LogP contribution in [0, 0.1) is 0 Å². The molecule has 2 N–H and O–H groups in total. The van der Waals surface area contributed by atoms with Gasteiger partial charge in [0.25, 0.3) is 0 Å². The molecular weight excluding hydrogens is 438 g/mol. The van der Waals surface area contributed by atoms with Gasteiger partial charge in [-0.1, -0.05) is 43.0 Å². The predicted octanol–water partition coefficient (Wildman–Crippen LogP) is 6.91. The fourth-order valence-corrected chi connectivity index (χ4v) is 4.89. The number of H-pyrrole nitrogens is 2. The minimum atomic E-state index is 0.762. The second kappa shape index (κ2) is 9.25. The Hall–Kier alpha value is -3.74. The molecule has 0 spiro atoms. The zero-order chi connectivity index (χ0) is 23.7. The van der Waals surface area contributed by atoms with E-state index in [1.165, 1.54) is 11.1 Å². The molecule has 3 aromatic heterocycles. The van der Waals surface area contributed by atoms with Crippen molar-refractivity contribution in [3.8, 4) is 22.6 Å². The molecule has 6 heteroatoms. The minimum absolute atomic E-state index is 0.762. The average Bonchev–Trinajstić information content (AvgIpc) is 3.59. The third-order valence-corrected chi connectivity index (χ3v) is 6.56. The molecule has 0 fully saturated rings. The van der Waals surface area contributed by atoms with Crippen molar-refractivity contribution in [2.75, 3.05) is 20.6 Å². The molecule has 170 valence electrons. The normalized spacial score (nSPS) is 12.8. The van der Waals surface area contributed by atoms with Crippen LogP contribution in [-0.4, -0.2) is 45.7 Å². The summed E-state index contributed by atoms with van der Waals surface area (Å²) in [6, 6.07) is 14.8. The first-order chi connectivity index (χ1) is 16.6. The Kier molecular flexibility index (Phi) is 6.01. The standard InChI is InChI=1S/C28H27N5S/c1-5-18(16-33(3)4)14-19(6-2)20-10-11-24-23(15-20)27(32-31-24)28-29-25-9-7-8-22(26(25)30-28)21-12-13-34-17-21/h5-15,17H,1,16H2,2-4H3,(H,29,30)(H,31,32)/b18-14+,19-6+. The minimum Gasteiger partial charge on any atom is -0.337 e. The first kappa shape index (κ1) is 22.1. The van der Waals surface area contributed by atoms with Crippen molar-refractivity contribution in [1.29, 1.82) is 0 Å². The van der Waals surface area contributed by atoms with Gasteiger partial charge < -0.3 is 9.88 Å². The van der Waals surface area contributed by atoms with Crippen LogP contribution in [0.5, 0.6) is 0 Å². The predicted molar refractivity (Wildman–Crippen MR) is 145 cm³/mol. The number of likely N-dealkylation sites (N-methyl/N-ethyl adjacent to an activating group) is 1. The quantitative estimate of drug-likeness (QED) is 0.257. The largest absolute Gasteiger partial charge is 0.337 e. The fraction of sp³-hybridized carbons (Fsp3) is 0.143. The molecule has 0 saturated carbocycles. The fourth-order valence-electron chi connectivity index (χ4n) is 4.24. The maximum Gasteiger partial charge on any atom is 0.159 e. The van der Waals surface area contributed by atoms with Gasteiger partial charge in [0.1, 0.15) is 5.69 Å². The molecule has 34 heavy (non-hydrogen) atoms. The molecule has 0 amide bonds. The second-order valence-electron chi connectivity index (χ2n) is 8.54. The Morgan fingerprint density at radius 2 is 2.03 bits per heavy atom. The van der Waals surface area contributed by atoms with Crippen molar-refractivity contribution < 1.29 is 0 Å². The highest BCUT2D eigenvalue weighted by molar-refractivity contribution is 7.08. The lowest BCUT2D eigenvalue weighted by Crippen LogP contribution is -2.14. The van der Waals surface area contributed by atoms with Crippen LogP contribution in [0.15, 0.2) is 83.6 Å². The van der Waals surface area contributed by atoms with Crippen LogP contribution in [0.2, 0.25) is 0 Å². The summed E-state index contributed by atoms with van der Waals surface area (Å²) >= 11 is 1.69. The zero-order valence-corrected chi connectivity index (χ0v) is 20.4. The second-order valence-corrected chi connectivity index (χ2v) is 9.32. The third kappa shape index (κ3) is 4.14. The molecule has 3 heterocycles. The number of nitrogens with zero attached hydrogens (tertiary/aromatic N) is 3. The summed E-state index contributed by atoms with van der Waals surface area (Å²) in [5.41, 5.74) is 9.52. The van der Waals surface area contributed by atoms with Crippen LogP contribution in [0.1, 0.15) is 12.5 Å². The average molecular weight is 466 g/mol. The third-order valence-electron chi connectivity index (χ3n) is 5.88. The van der Waals surface area contributed by atoms with Crippen molar-refractivity contribution >= 4 is 38.8 Å². The van der Waals surface area contributed by atoms with Crippen LogP contribution in [-0.2, 0) is 0 Å². The molecular formula is C28H27N5S. The van der Waals surface area contributed by atoms with Gasteiger partial charge in [-0.2, -0.15) is 16.4 Å². The van der Waals surface area contributed by atoms with Crippen molar-refractivity contribution in [3.05, 3.63) is 89.2 Å². The number of aromatic amines is 2. The smallest absolute Gasteiger partial charge is 0.159 e. The monoisotopic (exact) mass is 465 g/mol. The molecule has 0 bridgehead atoms. The van der Waals surface area contributed by atoms with Gasteiger partial charge in [0, 0.05) is 17.5 Å². The zero-order valence-electron chi connectivity index (χ0n) is 19.6. The lowest BCUT2D eigenvalue weighted by atomic mass is 10.00. The number of imidazole rings is 1. The van der Waals surface area contributed by atoms with E-state index in [1.54, 1.807) is 11.3 Å². The van der Waals surface area contributed by atoms with Gasteiger partial charge in [-0.15, -0.1) is 0 Å². The van der Waals surface area contributed by atoms with E-state index in [0.29, 0.717) is 0 Å². The Balaban J connectivity index is 1.59. The van der Waals surface area contributed by atoms with Crippen LogP contribution in [0.3, 0.4) is 0 Å². The van der Waals surface area contributed by atoms with E-state index in [0.717, 1.165) is 56.7 Å². The number of para-hydroxylation sites is 1. The number of aromatic nitrogens is 4. The summed E-state index contributed by atoms with van der Waals surface area (Å²) in [4.78, 5) is 10.6. The Morgan fingerprint density at radius 1 is 1.15 bits per heavy atom. The van der Waals surface area contributed by atoms with Gasteiger partial charge in [-0.25, -0.2) is 4.98 Å². The van der Waals surface area contributed by atoms with Crippen molar-refractivity contribution in [1.82, 2.24) is 25.1 Å². The summed E-state index contributed by atoms with van der Waals surface area (Å²) in [5, 5.41) is 13.1. The lowest BCUT2D eigenvalue weighted by molar-refractivity contribution is 0.449. The van der Waals surface area contributed by atoms with Gasteiger partial charge in [0.15, 0.2) is 5.82 Å². The van der Waals surface area contributed by atoms with Gasteiger partial charge in [-0.3, -0.25) is 5.10 Å². The number of rotatable bonds is 7. The number of nitrogens with one attached hydrogen (secondary N) is 2. The Labute approximate surface area is 203 Å². The number of benzene rings is 2. The summed E-state index contributed by atoms with van der Waals surface area (Å²) < 4.78 is 0. The number of fused-ring (bicyclic) bond motifs is 2. The molecule has 5 aromatic rings. The molecule has 0 aliphatic rings.